The maximum Gasteiger partial charge on any atom is 0.216 e. The second-order valence-corrected chi connectivity index (χ2v) is 9.15. The van der Waals surface area contributed by atoms with Gasteiger partial charge in [0.2, 0.25) is 10.0 Å². The van der Waals surface area contributed by atoms with E-state index in [2.05, 4.69) is 15.6 Å². The molecule has 1 fully saturated rings. The van der Waals surface area contributed by atoms with E-state index in [-0.39, 0.29) is 48.5 Å². The van der Waals surface area contributed by atoms with Gasteiger partial charge in [-0.2, -0.15) is 4.31 Å². The summed E-state index contributed by atoms with van der Waals surface area (Å²) < 4.78 is 32.2. The van der Waals surface area contributed by atoms with Crippen molar-refractivity contribution in [3.8, 4) is 0 Å². The number of sulfonamides is 1. The van der Waals surface area contributed by atoms with Crippen LogP contribution in [0.3, 0.4) is 0 Å². The Morgan fingerprint density at radius 2 is 1.82 bits per heavy atom. The second-order valence-electron chi connectivity index (χ2n) is 6.66. The van der Waals surface area contributed by atoms with Gasteiger partial charge in [0.05, 0.1) is 18.0 Å². The summed E-state index contributed by atoms with van der Waals surface area (Å²) in [5.74, 6) is 0.582. The van der Waals surface area contributed by atoms with E-state index < -0.39 is 10.0 Å². The molecule has 2 unspecified atom stereocenters. The number of morpholine rings is 1. The third kappa shape index (κ3) is 8.02. The topological polar surface area (TPSA) is 83.0 Å². The Hall–Kier alpha value is -0.620. The largest absolute Gasteiger partial charge is 0.373 e. The fraction of sp³-hybridized carbons (Fsp3) is 0.611. The highest BCUT2D eigenvalue weighted by Crippen LogP contribution is 2.15. The monoisotopic (exact) mass is 544 g/mol. The standard InChI is InChI=1S/C18H29ClN4O3S.HI/c1-14-12-23(13-15(2)26-14)27(24,25)11-10-22-18(20-3)21-9-8-16-6-4-5-7-17(16)19;/h4-7,14-15H,8-13H2,1-3H3,(H2,20,21,22);1H. The van der Waals surface area contributed by atoms with E-state index in [0.717, 1.165) is 17.0 Å². The molecule has 1 aromatic rings. The lowest BCUT2D eigenvalue weighted by Crippen LogP contribution is -2.50. The predicted octanol–water partition coefficient (Wildman–Crippen LogP) is 2.10. The van der Waals surface area contributed by atoms with Crippen molar-refractivity contribution in [2.24, 2.45) is 4.99 Å². The Balaban J connectivity index is 0.00000392. The molecule has 7 nitrogen and oxygen atoms in total. The first-order chi connectivity index (χ1) is 12.8. The van der Waals surface area contributed by atoms with Crippen molar-refractivity contribution >= 4 is 51.6 Å². The van der Waals surface area contributed by atoms with Crippen molar-refractivity contribution in [1.82, 2.24) is 14.9 Å². The molecule has 0 radical (unpaired) electrons. The number of hydrogen-bond donors (Lipinski definition) is 2. The van der Waals surface area contributed by atoms with Crippen molar-refractivity contribution in [1.29, 1.82) is 0 Å². The molecule has 0 amide bonds. The van der Waals surface area contributed by atoms with Crippen LogP contribution in [0, 0.1) is 0 Å². The van der Waals surface area contributed by atoms with Gasteiger partial charge >= 0.3 is 0 Å². The van der Waals surface area contributed by atoms with E-state index in [4.69, 9.17) is 16.3 Å². The number of rotatable bonds is 7. The highest BCUT2D eigenvalue weighted by atomic mass is 127. The normalized spacial score (nSPS) is 21.1. The number of nitrogens with one attached hydrogen (secondary N) is 2. The quantitative estimate of drug-likeness (QED) is 0.312. The molecule has 0 bridgehead atoms. The SMILES string of the molecule is CN=C(NCCc1ccccc1Cl)NCCS(=O)(=O)N1CC(C)OC(C)C1.I. The minimum Gasteiger partial charge on any atom is -0.373 e. The molecule has 160 valence electrons. The Morgan fingerprint density at radius 3 is 2.43 bits per heavy atom. The van der Waals surface area contributed by atoms with Crippen LogP contribution in [0.2, 0.25) is 5.02 Å². The van der Waals surface area contributed by atoms with Crippen LogP contribution in [0.25, 0.3) is 0 Å². The van der Waals surface area contributed by atoms with Crippen LogP contribution in [0.5, 0.6) is 0 Å². The lowest BCUT2D eigenvalue weighted by Gasteiger charge is -2.34. The molecule has 2 N–H and O–H groups in total. The molecule has 1 aliphatic rings. The number of benzene rings is 1. The summed E-state index contributed by atoms with van der Waals surface area (Å²) in [6.45, 7) is 5.51. The summed E-state index contributed by atoms with van der Waals surface area (Å²) in [5, 5.41) is 6.97. The van der Waals surface area contributed by atoms with Gasteiger partial charge < -0.3 is 15.4 Å². The minimum absolute atomic E-state index is 0. The van der Waals surface area contributed by atoms with E-state index in [9.17, 15) is 8.42 Å². The molecule has 1 saturated heterocycles. The fourth-order valence-corrected chi connectivity index (χ4v) is 4.75. The first-order valence-electron chi connectivity index (χ1n) is 9.13. The summed E-state index contributed by atoms with van der Waals surface area (Å²) in [6.07, 6.45) is 0.578. The Labute approximate surface area is 190 Å². The summed E-state index contributed by atoms with van der Waals surface area (Å²) in [5.41, 5.74) is 1.06. The first kappa shape index (κ1) is 25.4. The Kier molecular flexibility index (Phi) is 11.0. The molecule has 2 rings (SSSR count). The first-order valence-corrected chi connectivity index (χ1v) is 11.1. The molecule has 2 atom stereocenters. The predicted molar refractivity (Wildman–Crippen MR) is 125 cm³/mol. The van der Waals surface area contributed by atoms with Gasteiger partial charge in [0.15, 0.2) is 5.96 Å². The zero-order chi connectivity index (χ0) is 19.9. The number of guanidine groups is 1. The van der Waals surface area contributed by atoms with Crippen LogP contribution < -0.4 is 10.6 Å². The lowest BCUT2D eigenvalue weighted by atomic mass is 10.1. The molecular weight excluding hydrogens is 515 g/mol. The van der Waals surface area contributed by atoms with E-state index in [0.29, 0.717) is 25.6 Å². The van der Waals surface area contributed by atoms with Crippen molar-refractivity contribution in [3.05, 3.63) is 34.9 Å². The summed E-state index contributed by atoms with van der Waals surface area (Å²) in [4.78, 5) is 4.13. The van der Waals surface area contributed by atoms with Crippen molar-refractivity contribution in [2.75, 3.05) is 39.0 Å². The zero-order valence-corrected chi connectivity index (χ0v) is 20.4. The highest BCUT2D eigenvalue weighted by Gasteiger charge is 2.30. The average molecular weight is 545 g/mol. The highest BCUT2D eigenvalue weighted by molar-refractivity contribution is 14.0. The molecule has 1 heterocycles. The van der Waals surface area contributed by atoms with Gasteiger partial charge in [-0.15, -0.1) is 24.0 Å². The number of hydrogen-bond acceptors (Lipinski definition) is 4. The maximum atomic E-state index is 12.5. The third-order valence-electron chi connectivity index (χ3n) is 4.30. The van der Waals surface area contributed by atoms with Gasteiger partial charge in [-0.3, -0.25) is 4.99 Å². The number of nitrogens with zero attached hydrogens (tertiary/aromatic N) is 2. The van der Waals surface area contributed by atoms with E-state index in [1.54, 1.807) is 7.05 Å². The number of halogens is 2. The molecule has 10 heteroatoms. The smallest absolute Gasteiger partial charge is 0.216 e. The van der Waals surface area contributed by atoms with Gasteiger partial charge in [0.1, 0.15) is 0 Å². The molecule has 1 aliphatic heterocycles. The zero-order valence-electron chi connectivity index (χ0n) is 16.5. The molecule has 0 saturated carbocycles. The maximum absolute atomic E-state index is 12.5. The van der Waals surface area contributed by atoms with Gasteiger partial charge in [-0.1, -0.05) is 29.8 Å². The fourth-order valence-electron chi connectivity index (χ4n) is 3.02. The van der Waals surface area contributed by atoms with Crippen LogP contribution in [-0.2, 0) is 21.2 Å². The number of aliphatic imine (C=N–C) groups is 1. The van der Waals surface area contributed by atoms with Crippen LogP contribution in [0.15, 0.2) is 29.3 Å². The lowest BCUT2D eigenvalue weighted by molar-refractivity contribution is -0.0440. The molecule has 0 spiro atoms. The van der Waals surface area contributed by atoms with Gasteiger partial charge in [-0.05, 0) is 31.9 Å². The summed E-state index contributed by atoms with van der Waals surface area (Å²) in [6, 6.07) is 7.70. The Morgan fingerprint density at radius 1 is 1.21 bits per heavy atom. The second kappa shape index (κ2) is 12.2. The third-order valence-corrected chi connectivity index (χ3v) is 6.47. The Bertz CT molecular complexity index is 738. The molecule has 0 aromatic heterocycles. The number of ether oxygens (including phenoxy) is 1. The van der Waals surface area contributed by atoms with Crippen LogP contribution in [0.4, 0.5) is 0 Å². The molecule has 28 heavy (non-hydrogen) atoms. The van der Waals surface area contributed by atoms with E-state index in [1.165, 1.54) is 4.31 Å². The average Bonchev–Trinajstić information content (AvgIpc) is 2.61. The van der Waals surface area contributed by atoms with Gasteiger partial charge in [0.25, 0.3) is 0 Å². The van der Waals surface area contributed by atoms with Crippen LogP contribution >= 0.6 is 35.6 Å². The van der Waals surface area contributed by atoms with Gasteiger partial charge in [-0.25, -0.2) is 8.42 Å². The van der Waals surface area contributed by atoms with Crippen LogP contribution in [0.1, 0.15) is 19.4 Å². The van der Waals surface area contributed by atoms with Crippen molar-refractivity contribution < 1.29 is 13.2 Å². The minimum atomic E-state index is -3.33. The van der Waals surface area contributed by atoms with Crippen molar-refractivity contribution in [2.45, 2.75) is 32.5 Å². The van der Waals surface area contributed by atoms with E-state index >= 15 is 0 Å². The van der Waals surface area contributed by atoms with E-state index in [1.807, 2.05) is 38.1 Å². The summed E-state index contributed by atoms with van der Waals surface area (Å²) >= 11 is 6.15. The molecule has 0 aliphatic carbocycles. The molecule has 1 aromatic carbocycles. The molecular formula is C18H30ClIN4O3S. The van der Waals surface area contributed by atoms with Crippen molar-refractivity contribution in [3.63, 3.8) is 0 Å². The summed E-state index contributed by atoms with van der Waals surface area (Å²) in [7, 11) is -1.67. The van der Waals surface area contributed by atoms with Crippen LogP contribution in [-0.4, -0.2) is 69.9 Å². The van der Waals surface area contributed by atoms with Gasteiger partial charge in [0, 0.05) is 38.2 Å².